The zero-order valence-corrected chi connectivity index (χ0v) is 7.16. The molecule has 0 radical (unpaired) electrons. The predicted octanol–water partition coefficient (Wildman–Crippen LogP) is 0.192. The topological polar surface area (TPSA) is 55.1 Å². The Bertz CT molecular complexity index is 221. The van der Waals surface area contributed by atoms with Crippen molar-refractivity contribution in [2.75, 3.05) is 7.05 Å². The van der Waals surface area contributed by atoms with Gasteiger partial charge in [-0.2, -0.15) is 0 Å². The number of rotatable bonds is 2. The maximum atomic E-state index is 11.1. The van der Waals surface area contributed by atoms with Crippen LogP contribution in [0.3, 0.4) is 0 Å². The Labute approximate surface area is 72.3 Å². The smallest absolute Gasteiger partial charge is 0.237 e. The highest BCUT2D eigenvalue weighted by molar-refractivity contribution is 5.81. The van der Waals surface area contributed by atoms with Gasteiger partial charge in [0.2, 0.25) is 5.91 Å². The van der Waals surface area contributed by atoms with Crippen LogP contribution in [0.1, 0.15) is 6.42 Å². The molecule has 3 heteroatoms. The number of hydrogen-bond acceptors (Lipinski definition) is 2. The lowest BCUT2D eigenvalue weighted by Gasteiger charge is -2.19. The number of likely N-dealkylation sites (N-methyl/N-ethyl adjacent to an activating group) is 1. The molecule has 2 unspecified atom stereocenters. The van der Waals surface area contributed by atoms with Crippen molar-refractivity contribution in [1.29, 1.82) is 0 Å². The van der Waals surface area contributed by atoms with Gasteiger partial charge in [-0.3, -0.25) is 4.79 Å². The van der Waals surface area contributed by atoms with Crippen molar-refractivity contribution >= 4 is 5.91 Å². The Balaban J connectivity index is 2.52. The molecule has 0 spiro atoms. The summed E-state index contributed by atoms with van der Waals surface area (Å²) in [7, 11) is 1.60. The maximum absolute atomic E-state index is 11.1. The molecule has 0 aromatic heterocycles. The maximum Gasteiger partial charge on any atom is 0.237 e. The summed E-state index contributed by atoms with van der Waals surface area (Å²) in [5.74, 6) is 0.0508. The molecule has 2 atom stereocenters. The molecule has 0 fully saturated rings. The fourth-order valence-electron chi connectivity index (χ4n) is 1.23. The average Bonchev–Trinajstić information content (AvgIpc) is 2.17. The standard InChI is InChI=1S/C9H14N2O/c1-11-9(12)8(10)7-5-3-2-4-6-7/h2-5,7-8H,6,10H2,1H3,(H,11,12). The largest absolute Gasteiger partial charge is 0.358 e. The van der Waals surface area contributed by atoms with Crippen LogP contribution in [0.4, 0.5) is 0 Å². The number of carbonyl (C=O) groups excluding carboxylic acids is 1. The third kappa shape index (κ3) is 1.95. The summed E-state index contributed by atoms with van der Waals surface area (Å²) in [4.78, 5) is 11.1. The summed E-state index contributed by atoms with van der Waals surface area (Å²) in [6.45, 7) is 0. The molecule has 0 saturated carbocycles. The van der Waals surface area contributed by atoms with Crippen LogP contribution in [0, 0.1) is 5.92 Å². The van der Waals surface area contributed by atoms with Gasteiger partial charge in [-0.1, -0.05) is 24.3 Å². The zero-order chi connectivity index (χ0) is 8.97. The second-order valence-electron chi connectivity index (χ2n) is 2.85. The first-order chi connectivity index (χ1) is 5.75. The van der Waals surface area contributed by atoms with Crippen LogP contribution in [0.25, 0.3) is 0 Å². The lowest BCUT2D eigenvalue weighted by Crippen LogP contribution is -2.43. The van der Waals surface area contributed by atoms with Crippen LogP contribution in [0.2, 0.25) is 0 Å². The minimum absolute atomic E-state index is 0.0973. The van der Waals surface area contributed by atoms with Crippen molar-refractivity contribution < 1.29 is 4.79 Å². The van der Waals surface area contributed by atoms with Crippen molar-refractivity contribution in [1.82, 2.24) is 5.32 Å². The van der Waals surface area contributed by atoms with E-state index in [-0.39, 0.29) is 11.8 Å². The third-order valence-corrected chi connectivity index (χ3v) is 2.02. The first kappa shape index (κ1) is 9.00. The molecule has 0 aliphatic heterocycles. The van der Waals surface area contributed by atoms with E-state index in [4.69, 9.17) is 5.73 Å². The molecule has 3 N–H and O–H groups in total. The highest BCUT2D eigenvalue weighted by atomic mass is 16.2. The lowest BCUT2D eigenvalue weighted by molar-refractivity contribution is -0.122. The first-order valence-corrected chi connectivity index (χ1v) is 4.06. The molecule has 1 amide bonds. The predicted molar refractivity (Wildman–Crippen MR) is 48.4 cm³/mol. The molecule has 1 rings (SSSR count). The van der Waals surface area contributed by atoms with Crippen molar-refractivity contribution in [3.8, 4) is 0 Å². The summed E-state index contributed by atoms with van der Waals surface area (Å²) in [5, 5.41) is 2.54. The molecule has 1 aliphatic rings. The molecule has 0 aromatic carbocycles. The summed E-state index contributed by atoms with van der Waals surface area (Å²) in [6, 6.07) is -0.420. The van der Waals surface area contributed by atoms with Crippen molar-refractivity contribution in [2.24, 2.45) is 11.7 Å². The Morgan fingerprint density at radius 1 is 1.67 bits per heavy atom. The first-order valence-electron chi connectivity index (χ1n) is 4.06. The van der Waals surface area contributed by atoms with Crippen molar-refractivity contribution in [2.45, 2.75) is 12.5 Å². The van der Waals surface area contributed by atoms with Crippen LogP contribution in [-0.4, -0.2) is 19.0 Å². The number of allylic oxidation sites excluding steroid dienone is 3. The quantitative estimate of drug-likeness (QED) is 0.615. The number of amides is 1. The van der Waals surface area contributed by atoms with Crippen molar-refractivity contribution in [3.05, 3.63) is 24.3 Å². The molecule has 0 bridgehead atoms. The molecule has 0 aromatic rings. The molecular formula is C9H14N2O. The van der Waals surface area contributed by atoms with Gasteiger partial charge in [-0.15, -0.1) is 0 Å². The zero-order valence-electron chi connectivity index (χ0n) is 7.16. The number of nitrogens with two attached hydrogens (primary N) is 1. The summed E-state index contributed by atoms with van der Waals surface area (Å²) in [6.07, 6.45) is 8.74. The van der Waals surface area contributed by atoms with Crippen LogP contribution < -0.4 is 11.1 Å². The van der Waals surface area contributed by atoms with Gasteiger partial charge < -0.3 is 11.1 Å². The van der Waals surface area contributed by atoms with Crippen LogP contribution in [0.5, 0.6) is 0 Å². The third-order valence-electron chi connectivity index (χ3n) is 2.02. The normalized spacial score (nSPS) is 23.7. The van der Waals surface area contributed by atoms with Crippen LogP contribution in [-0.2, 0) is 4.79 Å². The van der Waals surface area contributed by atoms with Gasteiger partial charge in [0.15, 0.2) is 0 Å². The molecule has 3 nitrogen and oxygen atoms in total. The minimum atomic E-state index is -0.420. The van der Waals surface area contributed by atoms with Gasteiger partial charge in [-0.05, 0) is 6.42 Å². The summed E-state index contributed by atoms with van der Waals surface area (Å²) >= 11 is 0. The fraction of sp³-hybridized carbons (Fsp3) is 0.444. The van der Waals surface area contributed by atoms with Gasteiger partial charge >= 0.3 is 0 Å². The van der Waals surface area contributed by atoms with E-state index < -0.39 is 6.04 Å². The summed E-state index contributed by atoms with van der Waals surface area (Å²) < 4.78 is 0. The highest BCUT2D eigenvalue weighted by Crippen LogP contribution is 2.14. The van der Waals surface area contributed by atoms with Gasteiger partial charge in [0.25, 0.3) is 0 Å². The molecule has 66 valence electrons. The fourth-order valence-corrected chi connectivity index (χ4v) is 1.23. The number of nitrogens with one attached hydrogen (secondary N) is 1. The summed E-state index contributed by atoms with van der Waals surface area (Å²) in [5.41, 5.74) is 5.71. The second-order valence-corrected chi connectivity index (χ2v) is 2.85. The molecular weight excluding hydrogens is 152 g/mol. The van der Waals surface area contributed by atoms with Gasteiger partial charge in [0.1, 0.15) is 0 Å². The minimum Gasteiger partial charge on any atom is -0.358 e. The lowest BCUT2D eigenvalue weighted by atomic mass is 9.93. The molecule has 12 heavy (non-hydrogen) atoms. The van der Waals surface area contributed by atoms with Crippen LogP contribution in [0.15, 0.2) is 24.3 Å². The van der Waals surface area contributed by atoms with E-state index in [9.17, 15) is 4.79 Å². The van der Waals surface area contributed by atoms with E-state index in [1.807, 2.05) is 24.3 Å². The van der Waals surface area contributed by atoms with E-state index in [0.717, 1.165) is 6.42 Å². The molecule has 1 aliphatic carbocycles. The van der Waals surface area contributed by atoms with Gasteiger partial charge in [0.05, 0.1) is 6.04 Å². The van der Waals surface area contributed by atoms with Crippen molar-refractivity contribution in [3.63, 3.8) is 0 Å². The Kier molecular flexibility index (Phi) is 3.05. The van der Waals surface area contributed by atoms with Gasteiger partial charge in [0, 0.05) is 13.0 Å². The monoisotopic (exact) mass is 166 g/mol. The number of carbonyl (C=O) groups is 1. The van der Waals surface area contributed by atoms with E-state index in [0.29, 0.717) is 0 Å². The molecule has 0 heterocycles. The van der Waals surface area contributed by atoms with E-state index in [1.165, 1.54) is 0 Å². The highest BCUT2D eigenvalue weighted by Gasteiger charge is 2.20. The van der Waals surface area contributed by atoms with E-state index in [2.05, 4.69) is 5.32 Å². The SMILES string of the molecule is CNC(=O)C(N)C1C=CC=CC1. The second kappa shape index (κ2) is 4.07. The Morgan fingerprint density at radius 2 is 2.42 bits per heavy atom. The van der Waals surface area contributed by atoms with Crippen LogP contribution >= 0.6 is 0 Å². The van der Waals surface area contributed by atoms with E-state index >= 15 is 0 Å². The van der Waals surface area contributed by atoms with Gasteiger partial charge in [-0.25, -0.2) is 0 Å². The van der Waals surface area contributed by atoms with E-state index in [1.54, 1.807) is 7.05 Å². The average molecular weight is 166 g/mol. The Hall–Kier alpha value is -1.09. The Morgan fingerprint density at radius 3 is 2.92 bits per heavy atom. The number of hydrogen-bond donors (Lipinski definition) is 2. The molecule has 0 saturated heterocycles.